The molecular formula is C12H8O4. The molecule has 16 heavy (non-hydrogen) atoms. The number of hydrogen-bond acceptors (Lipinski definition) is 3. The maximum Gasteiger partial charge on any atom is 0.377 e. The van der Waals surface area contributed by atoms with Crippen LogP contribution in [0.5, 0.6) is 0 Å². The highest BCUT2D eigenvalue weighted by Gasteiger charge is 2.19. The summed E-state index contributed by atoms with van der Waals surface area (Å²) in [6.45, 7) is 0. The third-order valence-electron chi connectivity index (χ3n) is 2.15. The van der Waals surface area contributed by atoms with Gasteiger partial charge in [0, 0.05) is 11.1 Å². The van der Waals surface area contributed by atoms with Crippen LogP contribution in [0.3, 0.4) is 0 Å². The van der Waals surface area contributed by atoms with Crippen LogP contribution in [0.1, 0.15) is 10.4 Å². The molecule has 1 aromatic heterocycles. The molecule has 0 atom stereocenters. The average molecular weight is 216 g/mol. The zero-order valence-electron chi connectivity index (χ0n) is 8.21. The SMILES string of the molecule is O=C(O)C(=O)c1ccccc1-c1ccco1. The van der Waals surface area contributed by atoms with Gasteiger partial charge in [-0.15, -0.1) is 0 Å². The van der Waals surface area contributed by atoms with Crippen molar-refractivity contribution in [2.75, 3.05) is 0 Å². The molecule has 80 valence electrons. The molecule has 0 radical (unpaired) electrons. The Bertz CT molecular complexity index is 526. The average Bonchev–Trinajstić information content (AvgIpc) is 2.81. The molecule has 0 spiro atoms. The Morgan fingerprint density at radius 1 is 1.06 bits per heavy atom. The largest absolute Gasteiger partial charge is 0.475 e. The molecule has 4 nitrogen and oxygen atoms in total. The van der Waals surface area contributed by atoms with Crippen molar-refractivity contribution in [2.45, 2.75) is 0 Å². The summed E-state index contributed by atoms with van der Waals surface area (Å²) < 4.78 is 5.14. The minimum absolute atomic E-state index is 0.130. The number of hydrogen-bond donors (Lipinski definition) is 1. The number of Topliss-reactive ketones (excluding diaryl/α,β-unsaturated/α-hetero) is 1. The minimum atomic E-state index is -1.47. The number of ketones is 1. The van der Waals surface area contributed by atoms with Gasteiger partial charge in [0.25, 0.3) is 5.78 Å². The van der Waals surface area contributed by atoms with E-state index in [0.29, 0.717) is 11.3 Å². The van der Waals surface area contributed by atoms with Crippen LogP contribution >= 0.6 is 0 Å². The Balaban J connectivity index is 2.55. The lowest BCUT2D eigenvalue weighted by atomic mass is 10.0. The second kappa shape index (κ2) is 4.02. The number of rotatable bonds is 3. The van der Waals surface area contributed by atoms with Gasteiger partial charge >= 0.3 is 5.97 Å². The molecule has 0 fully saturated rings. The first-order chi connectivity index (χ1) is 7.70. The van der Waals surface area contributed by atoms with E-state index in [1.165, 1.54) is 12.3 Å². The molecule has 4 heteroatoms. The number of carboxylic acids is 1. The smallest absolute Gasteiger partial charge is 0.377 e. The van der Waals surface area contributed by atoms with Crippen molar-refractivity contribution in [3.05, 3.63) is 48.2 Å². The molecule has 0 amide bonds. The van der Waals surface area contributed by atoms with E-state index in [4.69, 9.17) is 9.52 Å². The van der Waals surface area contributed by atoms with E-state index in [9.17, 15) is 9.59 Å². The van der Waals surface area contributed by atoms with Crippen molar-refractivity contribution >= 4 is 11.8 Å². The first-order valence-corrected chi connectivity index (χ1v) is 4.60. The van der Waals surface area contributed by atoms with Crippen molar-refractivity contribution in [3.63, 3.8) is 0 Å². The lowest BCUT2D eigenvalue weighted by Crippen LogP contribution is -2.13. The van der Waals surface area contributed by atoms with Crippen molar-refractivity contribution in [3.8, 4) is 11.3 Å². The summed E-state index contributed by atoms with van der Waals surface area (Å²) in [5.41, 5.74) is 0.616. The van der Waals surface area contributed by atoms with Gasteiger partial charge in [0.2, 0.25) is 0 Å². The van der Waals surface area contributed by atoms with Crippen molar-refractivity contribution in [2.24, 2.45) is 0 Å². The summed E-state index contributed by atoms with van der Waals surface area (Å²) in [4.78, 5) is 22.1. The summed E-state index contributed by atoms with van der Waals surface area (Å²) in [7, 11) is 0. The van der Waals surface area contributed by atoms with E-state index >= 15 is 0 Å². The first kappa shape index (κ1) is 10.2. The zero-order chi connectivity index (χ0) is 11.5. The van der Waals surface area contributed by atoms with Gasteiger partial charge in [-0.05, 0) is 12.1 Å². The van der Waals surface area contributed by atoms with Gasteiger partial charge in [-0.3, -0.25) is 4.79 Å². The quantitative estimate of drug-likeness (QED) is 0.630. The van der Waals surface area contributed by atoms with Crippen molar-refractivity contribution < 1.29 is 19.1 Å². The topological polar surface area (TPSA) is 67.5 Å². The standard InChI is InChI=1S/C12H8O4/c13-11(12(14)15)9-5-2-1-4-8(9)10-6-3-7-16-10/h1-7H,(H,14,15). The normalized spacial score (nSPS) is 10.0. The molecule has 1 aromatic carbocycles. The molecule has 0 aliphatic heterocycles. The fraction of sp³-hybridized carbons (Fsp3) is 0. The summed E-state index contributed by atoms with van der Waals surface area (Å²) >= 11 is 0. The second-order valence-electron chi connectivity index (χ2n) is 3.16. The van der Waals surface area contributed by atoms with Gasteiger partial charge in [-0.1, -0.05) is 24.3 Å². The first-order valence-electron chi connectivity index (χ1n) is 4.60. The van der Waals surface area contributed by atoms with E-state index in [-0.39, 0.29) is 5.56 Å². The molecule has 2 rings (SSSR count). The Labute approximate surface area is 91.1 Å². The predicted octanol–water partition coefficient (Wildman–Crippen LogP) is 2.21. The van der Waals surface area contributed by atoms with Crippen LogP contribution < -0.4 is 0 Å². The van der Waals surface area contributed by atoms with Crippen LogP contribution in [0.4, 0.5) is 0 Å². The Morgan fingerprint density at radius 2 is 1.81 bits per heavy atom. The summed E-state index contributed by atoms with van der Waals surface area (Å²) in [5, 5.41) is 8.68. The molecule has 0 saturated heterocycles. The van der Waals surface area contributed by atoms with Gasteiger partial charge in [-0.25, -0.2) is 4.79 Å². The number of carbonyl (C=O) groups is 2. The Morgan fingerprint density at radius 3 is 2.44 bits per heavy atom. The van der Waals surface area contributed by atoms with Crippen LogP contribution in [-0.2, 0) is 4.79 Å². The van der Waals surface area contributed by atoms with Gasteiger partial charge < -0.3 is 9.52 Å². The van der Waals surface area contributed by atoms with E-state index < -0.39 is 11.8 Å². The minimum Gasteiger partial charge on any atom is -0.475 e. The highest BCUT2D eigenvalue weighted by atomic mass is 16.4. The van der Waals surface area contributed by atoms with Crippen LogP contribution in [0, 0.1) is 0 Å². The van der Waals surface area contributed by atoms with Gasteiger partial charge in [0.05, 0.1) is 6.26 Å². The molecular weight excluding hydrogens is 208 g/mol. The maximum absolute atomic E-state index is 11.4. The zero-order valence-corrected chi connectivity index (χ0v) is 8.21. The lowest BCUT2D eigenvalue weighted by Gasteiger charge is -2.02. The molecule has 0 unspecified atom stereocenters. The van der Waals surface area contributed by atoms with Crippen LogP contribution in [0.15, 0.2) is 47.1 Å². The monoisotopic (exact) mass is 216 g/mol. The van der Waals surface area contributed by atoms with Gasteiger partial charge in [-0.2, -0.15) is 0 Å². The Hall–Kier alpha value is -2.36. The third-order valence-corrected chi connectivity index (χ3v) is 2.15. The third kappa shape index (κ3) is 1.72. The summed E-state index contributed by atoms with van der Waals surface area (Å²) in [6.07, 6.45) is 1.47. The lowest BCUT2D eigenvalue weighted by molar-refractivity contribution is -0.131. The molecule has 1 N–H and O–H groups in total. The number of benzene rings is 1. The van der Waals surface area contributed by atoms with E-state index in [1.54, 1.807) is 30.3 Å². The van der Waals surface area contributed by atoms with Crippen LogP contribution in [-0.4, -0.2) is 16.9 Å². The molecule has 0 aliphatic carbocycles. The van der Waals surface area contributed by atoms with Crippen LogP contribution in [0.25, 0.3) is 11.3 Å². The fourth-order valence-corrected chi connectivity index (χ4v) is 1.44. The molecule has 2 aromatic rings. The number of carboxylic acid groups (broad SMARTS) is 1. The van der Waals surface area contributed by atoms with E-state index in [0.717, 1.165) is 0 Å². The highest BCUT2D eigenvalue weighted by Crippen LogP contribution is 2.24. The molecule has 1 heterocycles. The summed E-state index contributed by atoms with van der Waals surface area (Å²) in [6, 6.07) is 9.80. The predicted molar refractivity (Wildman–Crippen MR) is 56.1 cm³/mol. The number of furan rings is 1. The molecule has 0 saturated carbocycles. The Kier molecular flexibility index (Phi) is 2.55. The highest BCUT2D eigenvalue weighted by molar-refractivity contribution is 6.41. The van der Waals surface area contributed by atoms with Gasteiger partial charge in [0.1, 0.15) is 5.76 Å². The maximum atomic E-state index is 11.4. The fourth-order valence-electron chi connectivity index (χ4n) is 1.44. The van der Waals surface area contributed by atoms with Crippen LogP contribution in [0.2, 0.25) is 0 Å². The van der Waals surface area contributed by atoms with E-state index in [1.807, 2.05) is 0 Å². The molecule has 0 aliphatic rings. The van der Waals surface area contributed by atoms with Gasteiger partial charge in [0.15, 0.2) is 0 Å². The molecule has 0 bridgehead atoms. The van der Waals surface area contributed by atoms with Crippen molar-refractivity contribution in [1.82, 2.24) is 0 Å². The van der Waals surface area contributed by atoms with Crippen molar-refractivity contribution in [1.29, 1.82) is 0 Å². The van der Waals surface area contributed by atoms with E-state index in [2.05, 4.69) is 0 Å². The number of aliphatic carboxylic acids is 1. The summed E-state index contributed by atoms with van der Waals surface area (Å²) in [5.74, 6) is -1.93. The number of carbonyl (C=O) groups excluding carboxylic acids is 1. The second-order valence-corrected chi connectivity index (χ2v) is 3.16.